The van der Waals surface area contributed by atoms with Crippen molar-refractivity contribution in [2.45, 2.75) is 45.3 Å². The number of carbonyl (C=O) groups excluding carboxylic acids is 1. The minimum Gasteiger partial charge on any atom is -0.384 e. The van der Waals surface area contributed by atoms with Crippen LogP contribution in [0.5, 0.6) is 0 Å². The molecule has 0 aromatic heterocycles. The molecule has 1 amide bonds. The van der Waals surface area contributed by atoms with Gasteiger partial charge >= 0.3 is 0 Å². The van der Waals surface area contributed by atoms with Crippen molar-refractivity contribution in [3.8, 4) is 0 Å². The van der Waals surface area contributed by atoms with Crippen molar-refractivity contribution in [3.05, 3.63) is 0 Å². The molecule has 1 unspecified atom stereocenters. The van der Waals surface area contributed by atoms with Gasteiger partial charge in [0.25, 0.3) is 0 Å². The molecule has 70 valence electrons. The van der Waals surface area contributed by atoms with E-state index in [-0.39, 0.29) is 11.9 Å². The summed E-state index contributed by atoms with van der Waals surface area (Å²) in [6.07, 6.45) is 2.81. The molecule has 2 N–H and O–H groups in total. The van der Waals surface area contributed by atoms with Gasteiger partial charge in [0.15, 0.2) is 0 Å². The number of rotatable bonds is 3. The lowest BCUT2D eigenvalue weighted by molar-refractivity contribution is -0.129. The molecule has 12 heavy (non-hydrogen) atoms. The van der Waals surface area contributed by atoms with E-state index in [2.05, 4.69) is 5.32 Å². The molecule has 2 atom stereocenters. The average molecular weight is 171 g/mol. The van der Waals surface area contributed by atoms with Gasteiger partial charge in [-0.2, -0.15) is 0 Å². The smallest absolute Gasteiger partial charge is 0.248 e. The first-order chi connectivity index (χ1) is 5.61. The van der Waals surface area contributed by atoms with Crippen LogP contribution in [0.2, 0.25) is 0 Å². The molecule has 1 fully saturated rings. The van der Waals surface area contributed by atoms with E-state index < -0.39 is 6.10 Å². The number of amides is 1. The predicted molar refractivity (Wildman–Crippen MR) is 46.6 cm³/mol. The summed E-state index contributed by atoms with van der Waals surface area (Å²) in [6, 6.07) is 0.223. The molecule has 1 saturated carbocycles. The lowest BCUT2D eigenvalue weighted by Gasteiger charge is -2.32. The van der Waals surface area contributed by atoms with Crippen molar-refractivity contribution in [1.82, 2.24) is 5.32 Å². The molecule has 1 aliphatic rings. The Labute approximate surface area is 73.2 Å². The first kappa shape index (κ1) is 9.52. The largest absolute Gasteiger partial charge is 0.384 e. The van der Waals surface area contributed by atoms with E-state index >= 15 is 0 Å². The number of hydrogen-bond acceptors (Lipinski definition) is 2. The molecule has 1 rings (SSSR count). The molecule has 0 aromatic carbocycles. The average Bonchev–Trinajstić information content (AvgIpc) is 1.82. The number of carbonyl (C=O) groups is 1. The van der Waals surface area contributed by atoms with Crippen LogP contribution in [-0.4, -0.2) is 23.2 Å². The van der Waals surface area contributed by atoms with Crippen LogP contribution in [0.3, 0.4) is 0 Å². The highest BCUT2D eigenvalue weighted by atomic mass is 16.3. The van der Waals surface area contributed by atoms with Crippen molar-refractivity contribution in [2.75, 3.05) is 0 Å². The summed E-state index contributed by atoms with van der Waals surface area (Å²) in [4.78, 5) is 11.0. The van der Waals surface area contributed by atoms with Gasteiger partial charge in [-0.1, -0.05) is 6.42 Å². The van der Waals surface area contributed by atoms with Gasteiger partial charge in [0.2, 0.25) is 5.91 Å². The molecular formula is C9H17NO2. The number of hydrogen-bond donors (Lipinski definition) is 2. The van der Waals surface area contributed by atoms with E-state index in [1.807, 2.05) is 6.92 Å². The van der Waals surface area contributed by atoms with Crippen molar-refractivity contribution in [1.29, 1.82) is 0 Å². The van der Waals surface area contributed by atoms with Crippen LogP contribution in [0.25, 0.3) is 0 Å². The molecular weight excluding hydrogens is 154 g/mol. The van der Waals surface area contributed by atoms with E-state index in [0.29, 0.717) is 5.92 Å². The van der Waals surface area contributed by atoms with E-state index in [0.717, 1.165) is 0 Å². The Morgan fingerprint density at radius 3 is 2.42 bits per heavy atom. The second-order valence-corrected chi connectivity index (χ2v) is 3.66. The van der Waals surface area contributed by atoms with Crippen LogP contribution < -0.4 is 5.32 Å². The highest BCUT2D eigenvalue weighted by Crippen LogP contribution is 2.29. The van der Waals surface area contributed by atoms with Gasteiger partial charge in [0, 0.05) is 6.04 Å². The monoisotopic (exact) mass is 171 g/mol. The summed E-state index contributed by atoms with van der Waals surface area (Å²) < 4.78 is 0. The summed E-state index contributed by atoms with van der Waals surface area (Å²) in [5, 5.41) is 11.7. The number of aliphatic hydroxyl groups is 1. The topological polar surface area (TPSA) is 49.3 Å². The van der Waals surface area contributed by atoms with Gasteiger partial charge in [-0.05, 0) is 32.6 Å². The van der Waals surface area contributed by atoms with E-state index in [9.17, 15) is 4.79 Å². The minimum atomic E-state index is -0.882. The van der Waals surface area contributed by atoms with E-state index in [1.165, 1.54) is 26.2 Å². The quantitative estimate of drug-likeness (QED) is 0.655. The standard InChI is InChI=1S/C9H17NO2/c1-6(8-4-3-5-8)10-9(12)7(2)11/h6-8,11H,3-5H2,1-2H3,(H,10,12)/t6?,7-/m0/s1. The molecule has 0 aliphatic heterocycles. The zero-order valence-electron chi connectivity index (χ0n) is 7.71. The molecule has 3 nitrogen and oxygen atoms in total. The Morgan fingerprint density at radius 1 is 1.50 bits per heavy atom. The van der Waals surface area contributed by atoms with Crippen LogP contribution in [0.1, 0.15) is 33.1 Å². The van der Waals surface area contributed by atoms with Crippen LogP contribution in [0.4, 0.5) is 0 Å². The summed E-state index contributed by atoms with van der Waals surface area (Å²) in [6.45, 7) is 3.49. The SMILES string of the molecule is CC(NC(=O)[C@H](C)O)C1CCC1. The highest BCUT2D eigenvalue weighted by Gasteiger charge is 2.25. The lowest BCUT2D eigenvalue weighted by Crippen LogP contribution is -2.44. The van der Waals surface area contributed by atoms with Crippen LogP contribution >= 0.6 is 0 Å². The van der Waals surface area contributed by atoms with E-state index in [4.69, 9.17) is 5.11 Å². The molecule has 0 bridgehead atoms. The molecule has 0 spiro atoms. The Balaban J connectivity index is 2.24. The normalized spacial score (nSPS) is 22.6. The maximum atomic E-state index is 11.0. The lowest BCUT2D eigenvalue weighted by atomic mass is 9.80. The fourth-order valence-corrected chi connectivity index (χ4v) is 1.40. The molecule has 3 heteroatoms. The summed E-state index contributed by atoms with van der Waals surface area (Å²) in [5.41, 5.74) is 0. The summed E-state index contributed by atoms with van der Waals surface area (Å²) >= 11 is 0. The maximum absolute atomic E-state index is 11.0. The third-order valence-corrected chi connectivity index (χ3v) is 2.61. The second kappa shape index (κ2) is 3.90. The van der Waals surface area contributed by atoms with Crippen LogP contribution in [0, 0.1) is 5.92 Å². The Morgan fingerprint density at radius 2 is 2.08 bits per heavy atom. The first-order valence-corrected chi connectivity index (χ1v) is 4.59. The van der Waals surface area contributed by atoms with Crippen LogP contribution in [-0.2, 0) is 4.79 Å². The minimum absolute atomic E-state index is 0.223. The molecule has 0 aromatic rings. The number of nitrogens with one attached hydrogen (secondary N) is 1. The third-order valence-electron chi connectivity index (χ3n) is 2.61. The zero-order valence-corrected chi connectivity index (χ0v) is 7.71. The Bertz CT molecular complexity index is 164. The Kier molecular flexibility index (Phi) is 3.09. The van der Waals surface area contributed by atoms with Crippen LogP contribution in [0.15, 0.2) is 0 Å². The fourth-order valence-electron chi connectivity index (χ4n) is 1.40. The van der Waals surface area contributed by atoms with Gasteiger partial charge in [-0.3, -0.25) is 4.79 Å². The van der Waals surface area contributed by atoms with E-state index in [1.54, 1.807) is 0 Å². The molecule has 1 aliphatic carbocycles. The number of aliphatic hydroxyl groups excluding tert-OH is 1. The zero-order chi connectivity index (χ0) is 9.14. The van der Waals surface area contributed by atoms with Gasteiger partial charge < -0.3 is 10.4 Å². The van der Waals surface area contributed by atoms with Crippen molar-refractivity contribution < 1.29 is 9.90 Å². The summed E-state index contributed by atoms with van der Waals surface area (Å²) in [7, 11) is 0. The van der Waals surface area contributed by atoms with Gasteiger partial charge in [0.1, 0.15) is 6.10 Å². The maximum Gasteiger partial charge on any atom is 0.248 e. The third kappa shape index (κ3) is 2.21. The highest BCUT2D eigenvalue weighted by molar-refractivity contribution is 5.80. The summed E-state index contributed by atoms with van der Waals surface area (Å²) in [5.74, 6) is 0.377. The molecule has 0 saturated heterocycles. The second-order valence-electron chi connectivity index (χ2n) is 3.66. The van der Waals surface area contributed by atoms with Gasteiger partial charge in [0.05, 0.1) is 0 Å². The molecule has 0 heterocycles. The Hall–Kier alpha value is -0.570. The van der Waals surface area contributed by atoms with Crippen molar-refractivity contribution >= 4 is 5.91 Å². The van der Waals surface area contributed by atoms with Crippen molar-refractivity contribution in [2.24, 2.45) is 5.92 Å². The predicted octanol–water partition coefficient (Wildman–Crippen LogP) is 0.672. The van der Waals surface area contributed by atoms with Crippen molar-refractivity contribution in [3.63, 3.8) is 0 Å². The van der Waals surface area contributed by atoms with Gasteiger partial charge in [-0.25, -0.2) is 0 Å². The first-order valence-electron chi connectivity index (χ1n) is 4.59. The fraction of sp³-hybridized carbons (Fsp3) is 0.889. The van der Waals surface area contributed by atoms with Gasteiger partial charge in [-0.15, -0.1) is 0 Å². The molecule has 0 radical (unpaired) electrons.